The van der Waals surface area contributed by atoms with Gasteiger partial charge in [0.2, 0.25) is 0 Å². The summed E-state index contributed by atoms with van der Waals surface area (Å²) in [6, 6.07) is 0.142. The van der Waals surface area contributed by atoms with Gasteiger partial charge in [-0.3, -0.25) is 0 Å². The van der Waals surface area contributed by atoms with Gasteiger partial charge in [0.25, 0.3) is 0 Å². The first-order valence-corrected chi connectivity index (χ1v) is 4.73. The molecule has 0 radical (unpaired) electrons. The molecule has 13 heavy (non-hydrogen) atoms. The molecule has 1 fully saturated rings. The van der Waals surface area contributed by atoms with Gasteiger partial charge < -0.3 is 10.1 Å². The van der Waals surface area contributed by atoms with E-state index in [1.165, 1.54) is 0 Å². The Kier molecular flexibility index (Phi) is 3.34. The van der Waals surface area contributed by atoms with Crippen molar-refractivity contribution >= 4 is 6.09 Å². The molecule has 1 saturated heterocycles. The van der Waals surface area contributed by atoms with E-state index in [1.54, 1.807) is 0 Å². The first kappa shape index (κ1) is 10.1. The molecule has 1 aliphatic rings. The van der Waals surface area contributed by atoms with Gasteiger partial charge >= 0.3 is 6.09 Å². The molecule has 0 aromatic carbocycles. The molecular weight excluding hydrogens is 166 g/mol. The zero-order valence-corrected chi connectivity index (χ0v) is 8.41. The molecule has 0 aromatic rings. The molecule has 0 aliphatic carbocycles. The maximum Gasteiger partial charge on any atom is 0.408 e. The highest BCUT2D eigenvalue weighted by molar-refractivity contribution is 5.70. The molecule has 74 valence electrons. The van der Waals surface area contributed by atoms with Gasteiger partial charge in [-0.2, -0.15) is 0 Å². The third-order valence-electron chi connectivity index (χ3n) is 2.05. The van der Waals surface area contributed by atoms with Crippen molar-refractivity contribution in [2.45, 2.75) is 39.3 Å². The summed E-state index contributed by atoms with van der Waals surface area (Å²) in [6.07, 6.45) is 4.41. The van der Waals surface area contributed by atoms with Crippen molar-refractivity contribution in [1.29, 1.82) is 0 Å². The molecular formula is C10H17NO2. The maximum absolute atomic E-state index is 11.0. The van der Waals surface area contributed by atoms with Crippen LogP contribution in [0.5, 0.6) is 0 Å². The predicted molar refractivity (Wildman–Crippen MR) is 51.5 cm³/mol. The first-order chi connectivity index (χ1) is 6.13. The second kappa shape index (κ2) is 4.30. The number of carbonyl (C=O) groups is 1. The molecule has 1 heterocycles. The summed E-state index contributed by atoms with van der Waals surface area (Å²) in [7, 11) is 0. The van der Waals surface area contributed by atoms with E-state index in [-0.39, 0.29) is 18.2 Å². The third-order valence-corrected chi connectivity index (χ3v) is 2.05. The number of nitrogens with one attached hydrogen (secondary N) is 1. The molecule has 1 amide bonds. The van der Waals surface area contributed by atoms with Gasteiger partial charge in [0.05, 0.1) is 6.04 Å². The fourth-order valence-electron chi connectivity index (χ4n) is 1.54. The minimum absolute atomic E-state index is 0.0834. The Bertz CT molecular complexity index is 211. The summed E-state index contributed by atoms with van der Waals surface area (Å²) < 4.78 is 5.08. The monoisotopic (exact) mass is 183 g/mol. The number of allylic oxidation sites excluding steroid dienone is 1. The van der Waals surface area contributed by atoms with Gasteiger partial charge in [-0.05, 0) is 25.3 Å². The van der Waals surface area contributed by atoms with E-state index in [4.69, 9.17) is 4.74 Å². The van der Waals surface area contributed by atoms with Gasteiger partial charge in [0.1, 0.15) is 6.10 Å². The van der Waals surface area contributed by atoms with Crippen LogP contribution in [-0.4, -0.2) is 18.2 Å². The number of alkyl carbamates (subject to hydrolysis) is 1. The second-order valence-corrected chi connectivity index (χ2v) is 3.78. The van der Waals surface area contributed by atoms with Crippen molar-refractivity contribution in [2.75, 3.05) is 0 Å². The summed E-state index contributed by atoms with van der Waals surface area (Å²) in [5.41, 5.74) is 0. The van der Waals surface area contributed by atoms with Crippen LogP contribution in [0.1, 0.15) is 27.2 Å². The Labute approximate surface area is 79.2 Å². The van der Waals surface area contributed by atoms with Crippen molar-refractivity contribution in [2.24, 2.45) is 5.92 Å². The standard InChI is InChI=1S/C10H17NO2/c1-4-5-9-8(6-7(2)3)11-10(12)13-9/h4-5,7-9H,6H2,1-3H3,(H,11,12)/b5-4+/t8-,9-/m0/s1. The van der Waals surface area contributed by atoms with Crippen LogP contribution in [-0.2, 0) is 4.74 Å². The number of rotatable bonds is 3. The Morgan fingerprint density at radius 2 is 2.31 bits per heavy atom. The molecule has 2 atom stereocenters. The Balaban J connectivity index is 2.55. The van der Waals surface area contributed by atoms with E-state index in [1.807, 2.05) is 19.1 Å². The number of hydrogen-bond acceptors (Lipinski definition) is 2. The molecule has 3 nitrogen and oxygen atoms in total. The molecule has 1 aliphatic heterocycles. The smallest absolute Gasteiger partial charge is 0.408 e. The molecule has 0 saturated carbocycles. The number of amides is 1. The van der Waals surface area contributed by atoms with Crippen LogP contribution < -0.4 is 5.32 Å². The van der Waals surface area contributed by atoms with Crippen molar-refractivity contribution in [3.8, 4) is 0 Å². The lowest BCUT2D eigenvalue weighted by atomic mass is 10.00. The number of ether oxygens (including phenoxy) is 1. The molecule has 0 bridgehead atoms. The van der Waals surface area contributed by atoms with Crippen LogP contribution in [0.2, 0.25) is 0 Å². The van der Waals surface area contributed by atoms with E-state index in [0.717, 1.165) is 6.42 Å². The zero-order chi connectivity index (χ0) is 9.84. The Morgan fingerprint density at radius 3 is 2.85 bits per heavy atom. The van der Waals surface area contributed by atoms with E-state index in [2.05, 4.69) is 19.2 Å². The molecule has 3 heteroatoms. The Hall–Kier alpha value is -0.990. The quantitative estimate of drug-likeness (QED) is 0.680. The SMILES string of the molecule is C/C=C/[C@@H]1OC(=O)N[C@H]1CC(C)C. The second-order valence-electron chi connectivity index (χ2n) is 3.78. The van der Waals surface area contributed by atoms with Crippen molar-refractivity contribution < 1.29 is 9.53 Å². The fraction of sp³-hybridized carbons (Fsp3) is 0.700. The minimum atomic E-state index is -0.297. The highest BCUT2D eigenvalue weighted by Crippen LogP contribution is 2.17. The van der Waals surface area contributed by atoms with Crippen LogP contribution in [0, 0.1) is 5.92 Å². The van der Waals surface area contributed by atoms with E-state index < -0.39 is 0 Å². The van der Waals surface area contributed by atoms with Crippen LogP contribution in [0.25, 0.3) is 0 Å². The lowest BCUT2D eigenvalue weighted by Crippen LogP contribution is -2.31. The zero-order valence-electron chi connectivity index (χ0n) is 8.41. The predicted octanol–water partition coefficient (Wildman–Crippen LogP) is 2.09. The number of hydrogen-bond donors (Lipinski definition) is 1. The van der Waals surface area contributed by atoms with E-state index >= 15 is 0 Å². The summed E-state index contributed by atoms with van der Waals surface area (Å²) in [5.74, 6) is 0.569. The largest absolute Gasteiger partial charge is 0.440 e. The number of cyclic esters (lactones) is 1. The van der Waals surface area contributed by atoms with Crippen molar-refractivity contribution in [1.82, 2.24) is 5.32 Å². The summed E-state index contributed by atoms with van der Waals surface area (Å²) in [6.45, 7) is 6.20. The summed E-state index contributed by atoms with van der Waals surface area (Å²) in [4.78, 5) is 11.0. The summed E-state index contributed by atoms with van der Waals surface area (Å²) in [5, 5.41) is 2.81. The average Bonchev–Trinajstić information content (AvgIpc) is 2.31. The molecule has 0 spiro atoms. The molecule has 0 unspecified atom stereocenters. The van der Waals surface area contributed by atoms with E-state index in [0.29, 0.717) is 5.92 Å². The van der Waals surface area contributed by atoms with Gasteiger partial charge in [0, 0.05) is 0 Å². The van der Waals surface area contributed by atoms with Gasteiger partial charge in [0.15, 0.2) is 0 Å². The van der Waals surface area contributed by atoms with Gasteiger partial charge in [-0.1, -0.05) is 19.9 Å². The third kappa shape index (κ3) is 2.76. The van der Waals surface area contributed by atoms with Gasteiger partial charge in [-0.25, -0.2) is 4.79 Å². The van der Waals surface area contributed by atoms with E-state index in [9.17, 15) is 4.79 Å². The summed E-state index contributed by atoms with van der Waals surface area (Å²) >= 11 is 0. The lowest BCUT2D eigenvalue weighted by molar-refractivity contribution is 0.151. The van der Waals surface area contributed by atoms with Crippen LogP contribution in [0.3, 0.4) is 0 Å². The lowest BCUT2D eigenvalue weighted by Gasteiger charge is -2.15. The Morgan fingerprint density at radius 1 is 1.62 bits per heavy atom. The normalized spacial score (nSPS) is 28.2. The highest BCUT2D eigenvalue weighted by atomic mass is 16.6. The number of carbonyl (C=O) groups excluding carboxylic acids is 1. The molecule has 0 aromatic heterocycles. The molecule has 1 N–H and O–H groups in total. The van der Waals surface area contributed by atoms with Crippen molar-refractivity contribution in [3.63, 3.8) is 0 Å². The van der Waals surface area contributed by atoms with Crippen LogP contribution in [0.4, 0.5) is 4.79 Å². The fourth-order valence-corrected chi connectivity index (χ4v) is 1.54. The van der Waals surface area contributed by atoms with Crippen LogP contribution in [0.15, 0.2) is 12.2 Å². The average molecular weight is 183 g/mol. The first-order valence-electron chi connectivity index (χ1n) is 4.73. The highest BCUT2D eigenvalue weighted by Gasteiger charge is 2.31. The van der Waals surface area contributed by atoms with Gasteiger partial charge in [-0.15, -0.1) is 0 Å². The molecule has 1 rings (SSSR count). The maximum atomic E-state index is 11.0. The van der Waals surface area contributed by atoms with Crippen molar-refractivity contribution in [3.05, 3.63) is 12.2 Å². The topological polar surface area (TPSA) is 38.3 Å². The van der Waals surface area contributed by atoms with Crippen LogP contribution >= 0.6 is 0 Å². The minimum Gasteiger partial charge on any atom is -0.440 e.